The van der Waals surface area contributed by atoms with E-state index in [9.17, 15) is 9.90 Å². The van der Waals surface area contributed by atoms with Crippen LogP contribution in [0.3, 0.4) is 0 Å². The third kappa shape index (κ3) is 6.86. The molecule has 0 atom stereocenters. The largest absolute Gasteiger partial charge is 0.389 e. The maximum absolute atomic E-state index is 11.4. The van der Waals surface area contributed by atoms with Gasteiger partial charge in [0, 0.05) is 13.6 Å². The molecule has 1 N–H and O–H groups in total. The molecule has 0 unspecified atom stereocenters. The molecular formula is C10H21NO3. The predicted molar refractivity (Wildman–Crippen MR) is 55.0 cm³/mol. The van der Waals surface area contributed by atoms with Crippen molar-refractivity contribution >= 4 is 5.91 Å². The Bertz CT molecular complexity index is 184. The first kappa shape index (κ1) is 13.4. The van der Waals surface area contributed by atoms with Gasteiger partial charge in [-0.2, -0.15) is 0 Å². The van der Waals surface area contributed by atoms with E-state index in [4.69, 9.17) is 4.74 Å². The average Bonchev–Trinajstić information content (AvgIpc) is 1.96. The number of aliphatic hydroxyl groups is 1. The van der Waals surface area contributed by atoms with Crippen LogP contribution in [0.5, 0.6) is 0 Å². The lowest BCUT2D eigenvalue weighted by Gasteiger charge is -2.25. The molecule has 0 aliphatic carbocycles. The summed E-state index contributed by atoms with van der Waals surface area (Å²) in [5.74, 6) is -0.110. The van der Waals surface area contributed by atoms with Crippen molar-refractivity contribution in [2.24, 2.45) is 0 Å². The fourth-order valence-electron chi connectivity index (χ4n) is 1.02. The number of hydrogen-bond donors (Lipinski definition) is 1. The number of hydrogen-bond acceptors (Lipinski definition) is 3. The molecule has 0 spiro atoms. The van der Waals surface area contributed by atoms with Crippen molar-refractivity contribution in [2.45, 2.75) is 39.4 Å². The highest BCUT2D eigenvalue weighted by Crippen LogP contribution is 2.03. The van der Waals surface area contributed by atoms with Gasteiger partial charge < -0.3 is 14.7 Å². The molecule has 0 aromatic heterocycles. The van der Waals surface area contributed by atoms with Gasteiger partial charge in [-0.3, -0.25) is 4.79 Å². The van der Waals surface area contributed by atoms with Gasteiger partial charge >= 0.3 is 0 Å². The van der Waals surface area contributed by atoms with Gasteiger partial charge in [-0.05, 0) is 27.7 Å². The minimum Gasteiger partial charge on any atom is -0.389 e. The van der Waals surface area contributed by atoms with E-state index in [-0.39, 0.29) is 18.6 Å². The van der Waals surface area contributed by atoms with E-state index in [1.165, 1.54) is 4.90 Å². The Labute approximate surface area is 85.9 Å². The number of likely N-dealkylation sites (N-methyl/N-ethyl adjacent to an activating group) is 1. The van der Waals surface area contributed by atoms with Crippen molar-refractivity contribution in [1.82, 2.24) is 4.90 Å². The second kappa shape index (κ2) is 5.32. The van der Waals surface area contributed by atoms with Crippen LogP contribution in [-0.2, 0) is 9.53 Å². The molecule has 4 nitrogen and oxygen atoms in total. The number of nitrogens with zero attached hydrogens (tertiary/aromatic N) is 1. The zero-order valence-corrected chi connectivity index (χ0v) is 9.70. The fraction of sp³-hybridized carbons (Fsp3) is 0.900. The summed E-state index contributed by atoms with van der Waals surface area (Å²) in [5.41, 5.74) is -0.859. The molecule has 0 aliphatic heterocycles. The molecule has 0 rings (SSSR count). The van der Waals surface area contributed by atoms with Crippen LogP contribution in [-0.4, -0.2) is 47.8 Å². The van der Waals surface area contributed by atoms with Gasteiger partial charge in [-0.1, -0.05) is 0 Å². The summed E-state index contributed by atoms with van der Waals surface area (Å²) in [5, 5.41) is 9.48. The topological polar surface area (TPSA) is 49.8 Å². The Morgan fingerprint density at radius 2 is 2.00 bits per heavy atom. The van der Waals surface area contributed by atoms with Crippen LogP contribution >= 0.6 is 0 Å². The van der Waals surface area contributed by atoms with Gasteiger partial charge in [0.25, 0.3) is 0 Å². The number of rotatable bonds is 5. The summed E-state index contributed by atoms with van der Waals surface area (Å²) in [6, 6.07) is 0. The SMILES string of the molecule is CC(C)OCC(=O)N(C)CC(C)(C)O. The maximum Gasteiger partial charge on any atom is 0.248 e. The third-order valence-corrected chi connectivity index (χ3v) is 1.59. The molecule has 0 aliphatic rings. The molecule has 0 saturated heterocycles. The number of carbonyl (C=O) groups is 1. The molecule has 0 aromatic rings. The summed E-state index contributed by atoms with van der Waals surface area (Å²) in [6.07, 6.45) is 0.0505. The normalized spacial score (nSPS) is 11.9. The molecule has 1 amide bonds. The standard InChI is InChI=1S/C10H21NO3/c1-8(2)14-6-9(12)11(5)7-10(3,4)13/h8,13H,6-7H2,1-5H3. The summed E-state index contributed by atoms with van der Waals surface area (Å²) in [4.78, 5) is 12.9. The van der Waals surface area contributed by atoms with E-state index < -0.39 is 5.60 Å². The lowest BCUT2D eigenvalue weighted by Crippen LogP contribution is -2.41. The van der Waals surface area contributed by atoms with E-state index in [1.54, 1.807) is 20.9 Å². The fourth-order valence-corrected chi connectivity index (χ4v) is 1.02. The lowest BCUT2D eigenvalue weighted by molar-refractivity contribution is -0.138. The highest BCUT2D eigenvalue weighted by Gasteiger charge is 2.19. The van der Waals surface area contributed by atoms with Crippen molar-refractivity contribution in [1.29, 1.82) is 0 Å². The maximum atomic E-state index is 11.4. The third-order valence-electron chi connectivity index (χ3n) is 1.59. The molecule has 4 heteroatoms. The van der Waals surface area contributed by atoms with Crippen LogP contribution in [0.25, 0.3) is 0 Å². The molecule has 14 heavy (non-hydrogen) atoms. The quantitative estimate of drug-likeness (QED) is 0.713. The molecule has 0 bridgehead atoms. The first-order valence-electron chi connectivity index (χ1n) is 4.80. The van der Waals surface area contributed by atoms with Gasteiger partial charge in [0.05, 0.1) is 11.7 Å². The van der Waals surface area contributed by atoms with Crippen LogP contribution < -0.4 is 0 Å². The minimum atomic E-state index is -0.859. The summed E-state index contributed by atoms with van der Waals surface area (Å²) < 4.78 is 5.17. The summed E-state index contributed by atoms with van der Waals surface area (Å²) in [7, 11) is 1.66. The zero-order valence-electron chi connectivity index (χ0n) is 9.70. The van der Waals surface area contributed by atoms with Crippen LogP contribution in [0.4, 0.5) is 0 Å². The Morgan fingerprint density at radius 3 is 2.36 bits per heavy atom. The molecule has 0 saturated carbocycles. The van der Waals surface area contributed by atoms with Crippen molar-refractivity contribution in [2.75, 3.05) is 20.2 Å². The van der Waals surface area contributed by atoms with Gasteiger partial charge in [0.1, 0.15) is 6.61 Å². The second-order valence-corrected chi connectivity index (χ2v) is 4.42. The predicted octanol–water partition coefficient (Wildman–Crippen LogP) is 0.641. The number of amides is 1. The van der Waals surface area contributed by atoms with Crippen LogP contribution in [0, 0.1) is 0 Å². The van der Waals surface area contributed by atoms with E-state index in [0.29, 0.717) is 6.54 Å². The van der Waals surface area contributed by atoms with Crippen LogP contribution in [0.1, 0.15) is 27.7 Å². The van der Waals surface area contributed by atoms with E-state index in [2.05, 4.69) is 0 Å². The van der Waals surface area contributed by atoms with Gasteiger partial charge in [-0.15, -0.1) is 0 Å². The minimum absolute atomic E-state index is 0.0505. The second-order valence-electron chi connectivity index (χ2n) is 4.42. The van der Waals surface area contributed by atoms with Crippen molar-refractivity contribution in [3.8, 4) is 0 Å². The van der Waals surface area contributed by atoms with E-state index in [1.807, 2.05) is 13.8 Å². The van der Waals surface area contributed by atoms with E-state index in [0.717, 1.165) is 0 Å². The Hall–Kier alpha value is -0.610. The average molecular weight is 203 g/mol. The lowest BCUT2D eigenvalue weighted by atomic mass is 10.1. The Balaban J connectivity index is 3.88. The molecule has 0 radical (unpaired) electrons. The molecular weight excluding hydrogens is 182 g/mol. The van der Waals surface area contributed by atoms with Crippen LogP contribution in [0.15, 0.2) is 0 Å². The number of ether oxygens (including phenoxy) is 1. The van der Waals surface area contributed by atoms with E-state index >= 15 is 0 Å². The Morgan fingerprint density at radius 1 is 1.50 bits per heavy atom. The first-order valence-corrected chi connectivity index (χ1v) is 4.80. The van der Waals surface area contributed by atoms with Gasteiger partial charge in [0.15, 0.2) is 0 Å². The molecule has 84 valence electrons. The smallest absolute Gasteiger partial charge is 0.248 e. The molecule has 0 aromatic carbocycles. The highest BCUT2D eigenvalue weighted by molar-refractivity contribution is 5.77. The highest BCUT2D eigenvalue weighted by atomic mass is 16.5. The van der Waals surface area contributed by atoms with Gasteiger partial charge in [-0.25, -0.2) is 0 Å². The summed E-state index contributed by atoms with van der Waals surface area (Å²) in [6.45, 7) is 7.48. The Kier molecular flexibility index (Phi) is 5.08. The first-order chi connectivity index (χ1) is 6.22. The monoisotopic (exact) mass is 203 g/mol. The zero-order chi connectivity index (χ0) is 11.4. The van der Waals surface area contributed by atoms with Gasteiger partial charge in [0.2, 0.25) is 5.91 Å². The molecule has 0 fully saturated rings. The van der Waals surface area contributed by atoms with Crippen molar-refractivity contribution in [3.63, 3.8) is 0 Å². The molecule has 0 heterocycles. The number of carbonyl (C=O) groups excluding carboxylic acids is 1. The van der Waals surface area contributed by atoms with Crippen molar-refractivity contribution in [3.05, 3.63) is 0 Å². The van der Waals surface area contributed by atoms with Crippen LogP contribution in [0.2, 0.25) is 0 Å². The van der Waals surface area contributed by atoms with Crippen molar-refractivity contribution < 1.29 is 14.6 Å². The summed E-state index contributed by atoms with van der Waals surface area (Å²) >= 11 is 0.